The number of rotatable bonds is 6. The molecular formula is C14H17FN2O2S2. The predicted molar refractivity (Wildman–Crippen MR) is 83.6 cm³/mol. The third-order valence-corrected chi connectivity index (χ3v) is 5.55. The molecule has 4 nitrogen and oxygen atoms in total. The van der Waals surface area contributed by atoms with E-state index in [2.05, 4.69) is 10.0 Å². The van der Waals surface area contributed by atoms with Gasteiger partial charge in [0.2, 0.25) is 0 Å². The van der Waals surface area contributed by atoms with Gasteiger partial charge < -0.3 is 5.32 Å². The van der Waals surface area contributed by atoms with E-state index in [1.54, 1.807) is 19.1 Å². The molecule has 2 rings (SSSR count). The molecule has 0 unspecified atom stereocenters. The van der Waals surface area contributed by atoms with E-state index in [1.165, 1.54) is 29.5 Å². The first-order valence-corrected chi connectivity index (χ1v) is 8.81. The van der Waals surface area contributed by atoms with E-state index < -0.39 is 15.8 Å². The summed E-state index contributed by atoms with van der Waals surface area (Å²) in [6.07, 6.45) is 0. The van der Waals surface area contributed by atoms with Crippen molar-refractivity contribution in [2.45, 2.75) is 25.3 Å². The van der Waals surface area contributed by atoms with Crippen LogP contribution in [0.15, 0.2) is 35.2 Å². The Morgan fingerprint density at radius 3 is 2.67 bits per heavy atom. The van der Waals surface area contributed by atoms with Crippen LogP contribution < -0.4 is 10.0 Å². The quantitative estimate of drug-likeness (QED) is 0.856. The molecule has 0 fully saturated rings. The number of hydrogen-bond acceptors (Lipinski definition) is 4. The number of hydrogen-bond donors (Lipinski definition) is 2. The average Bonchev–Trinajstić information content (AvgIpc) is 2.81. The van der Waals surface area contributed by atoms with E-state index >= 15 is 0 Å². The summed E-state index contributed by atoms with van der Waals surface area (Å²) in [5.74, 6) is -0.596. The van der Waals surface area contributed by atoms with Gasteiger partial charge in [0.1, 0.15) is 10.7 Å². The summed E-state index contributed by atoms with van der Waals surface area (Å²) < 4.78 is 40.6. The van der Waals surface area contributed by atoms with Gasteiger partial charge >= 0.3 is 0 Å². The van der Waals surface area contributed by atoms with Crippen LogP contribution in [0.4, 0.5) is 10.1 Å². The van der Waals surface area contributed by atoms with Crippen LogP contribution in [0.2, 0.25) is 0 Å². The second kappa shape index (κ2) is 6.55. The van der Waals surface area contributed by atoms with Crippen LogP contribution in [0.5, 0.6) is 0 Å². The van der Waals surface area contributed by atoms with Crippen LogP contribution in [-0.4, -0.2) is 15.0 Å². The molecule has 2 aromatic rings. The van der Waals surface area contributed by atoms with Gasteiger partial charge in [-0.05, 0) is 31.7 Å². The monoisotopic (exact) mass is 328 g/mol. The molecule has 0 aliphatic rings. The van der Waals surface area contributed by atoms with Crippen molar-refractivity contribution in [1.82, 2.24) is 5.32 Å². The van der Waals surface area contributed by atoms with Crippen molar-refractivity contribution in [3.8, 4) is 0 Å². The number of para-hydroxylation sites is 1. The fourth-order valence-corrected chi connectivity index (χ4v) is 4.54. The third-order valence-electron chi connectivity index (χ3n) is 2.88. The highest BCUT2D eigenvalue weighted by atomic mass is 32.2. The van der Waals surface area contributed by atoms with E-state index in [0.29, 0.717) is 11.4 Å². The maximum atomic E-state index is 13.6. The van der Waals surface area contributed by atoms with Crippen molar-refractivity contribution in [3.05, 3.63) is 45.9 Å². The lowest BCUT2D eigenvalue weighted by Gasteiger charge is -2.08. The Hall–Kier alpha value is -1.44. The van der Waals surface area contributed by atoms with Crippen molar-refractivity contribution in [2.75, 3.05) is 11.3 Å². The molecule has 1 aromatic carbocycles. The summed E-state index contributed by atoms with van der Waals surface area (Å²) in [6.45, 7) is 5.16. The molecule has 1 heterocycles. The van der Waals surface area contributed by atoms with Crippen LogP contribution in [0.3, 0.4) is 0 Å². The molecule has 0 aliphatic heterocycles. The van der Waals surface area contributed by atoms with Gasteiger partial charge in [0.05, 0.1) is 5.69 Å². The fourth-order valence-electron chi connectivity index (χ4n) is 1.87. The van der Waals surface area contributed by atoms with Gasteiger partial charge in [0, 0.05) is 16.3 Å². The molecule has 7 heteroatoms. The third kappa shape index (κ3) is 3.81. The zero-order valence-corrected chi connectivity index (χ0v) is 13.4. The first kappa shape index (κ1) is 15.9. The van der Waals surface area contributed by atoms with Gasteiger partial charge in [-0.3, -0.25) is 4.72 Å². The lowest BCUT2D eigenvalue weighted by atomic mass is 10.3. The summed E-state index contributed by atoms with van der Waals surface area (Å²) in [5.41, 5.74) is -0.0451. The maximum Gasteiger partial charge on any atom is 0.263 e. The SMILES string of the molecule is CCNCc1cc(S(=O)(=O)Nc2ccccc2F)c(C)s1. The molecule has 0 bridgehead atoms. The largest absolute Gasteiger partial charge is 0.312 e. The Labute approximate surface area is 128 Å². The van der Waals surface area contributed by atoms with Gasteiger partial charge in [-0.25, -0.2) is 12.8 Å². The van der Waals surface area contributed by atoms with Crippen LogP contribution in [0.1, 0.15) is 16.7 Å². The first-order chi connectivity index (χ1) is 9.94. The second-order valence-electron chi connectivity index (χ2n) is 4.50. The number of nitrogens with one attached hydrogen (secondary N) is 2. The normalized spacial score (nSPS) is 11.6. The van der Waals surface area contributed by atoms with Crippen molar-refractivity contribution < 1.29 is 12.8 Å². The van der Waals surface area contributed by atoms with Gasteiger partial charge in [-0.15, -0.1) is 11.3 Å². The molecule has 0 spiro atoms. The van der Waals surface area contributed by atoms with Crippen molar-refractivity contribution >= 4 is 27.0 Å². The van der Waals surface area contributed by atoms with Gasteiger partial charge in [-0.1, -0.05) is 19.1 Å². The minimum atomic E-state index is -3.78. The zero-order chi connectivity index (χ0) is 15.5. The van der Waals surface area contributed by atoms with Gasteiger partial charge in [0.25, 0.3) is 10.0 Å². The number of sulfonamides is 1. The minimum Gasteiger partial charge on any atom is -0.312 e. The minimum absolute atomic E-state index is 0.0451. The molecule has 0 aliphatic carbocycles. The molecule has 0 atom stereocenters. The molecule has 0 saturated carbocycles. The number of halogens is 1. The van der Waals surface area contributed by atoms with Gasteiger partial charge in [0.15, 0.2) is 0 Å². The summed E-state index contributed by atoms with van der Waals surface area (Å²) in [5, 5.41) is 3.15. The Kier molecular flexibility index (Phi) is 4.97. The molecule has 2 N–H and O–H groups in total. The van der Waals surface area contributed by atoms with E-state index in [0.717, 1.165) is 11.4 Å². The lowest BCUT2D eigenvalue weighted by Crippen LogP contribution is -2.14. The smallest absolute Gasteiger partial charge is 0.263 e. The predicted octanol–water partition coefficient (Wildman–Crippen LogP) is 3.11. The van der Waals surface area contributed by atoms with Crippen LogP contribution in [0, 0.1) is 12.7 Å². The number of aryl methyl sites for hydroxylation is 1. The van der Waals surface area contributed by atoms with Crippen LogP contribution in [0.25, 0.3) is 0 Å². The number of thiophene rings is 1. The molecular weight excluding hydrogens is 311 g/mol. The zero-order valence-electron chi connectivity index (χ0n) is 11.8. The standard InChI is InChI=1S/C14H17FN2O2S2/c1-3-16-9-11-8-14(10(2)20-11)21(18,19)17-13-7-5-4-6-12(13)15/h4-8,16-17H,3,9H2,1-2H3. The van der Waals surface area contributed by atoms with E-state index in [-0.39, 0.29) is 10.6 Å². The highest BCUT2D eigenvalue weighted by Crippen LogP contribution is 2.28. The Bertz CT molecular complexity index is 726. The first-order valence-electron chi connectivity index (χ1n) is 6.51. The summed E-state index contributed by atoms with van der Waals surface area (Å²) in [6, 6.07) is 7.34. The average molecular weight is 328 g/mol. The van der Waals surface area contributed by atoms with E-state index in [9.17, 15) is 12.8 Å². The van der Waals surface area contributed by atoms with Crippen molar-refractivity contribution in [2.24, 2.45) is 0 Å². The number of anilines is 1. The maximum absolute atomic E-state index is 13.6. The molecule has 114 valence electrons. The number of benzene rings is 1. The summed E-state index contributed by atoms with van der Waals surface area (Å²) >= 11 is 1.42. The Balaban J connectivity index is 2.27. The fraction of sp³-hybridized carbons (Fsp3) is 0.286. The Morgan fingerprint density at radius 1 is 1.29 bits per heavy atom. The van der Waals surface area contributed by atoms with E-state index in [1.807, 2.05) is 6.92 Å². The summed E-state index contributed by atoms with van der Waals surface area (Å²) in [7, 11) is -3.78. The second-order valence-corrected chi connectivity index (χ2v) is 7.49. The van der Waals surface area contributed by atoms with Gasteiger partial charge in [-0.2, -0.15) is 0 Å². The Morgan fingerprint density at radius 2 is 2.00 bits per heavy atom. The van der Waals surface area contributed by atoms with E-state index in [4.69, 9.17) is 0 Å². The lowest BCUT2D eigenvalue weighted by molar-refractivity contribution is 0.598. The molecule has 0 saturated heterocycles. The summed E-state index contributed by atoms with van der Waals surface area (Å²) in [4.78, 5) is 1.82. The van der Waals surface area contributed by atoms with Crippen LogP contribution in [-0.2, 0) is 16.6 Å². The molecule has 0 radical (unpaired) electrons. The topological polar surface area (TPSA) is 58.2 Å². The highest BCUT2D eigenvalue weighted by Gasteiger charge is 2.21. The molecule has 1 aromatic heterocycles. The molecule has 21 heavy (non-hydrogen) atoms. The van der Waals surface area contributed by atoms with Crippen molar-refractivity contribution in [3.63, 3.8) is 0 Å². The van der Waals surface area contributed by atoms with Crippen LogP contribution >= 0.6 is 11.3 Å². The van der Waals surface area contributed by atoms with Crippen molar-refractivity contribution in [1.29, 1.82) is 0 Å². The molecule has 0 amide bonds. The highest BCUT2D eigenvalue weighted by molar-refractivity contribution is 7.93.